The molecule has 2 rings (SSSR count). The molecule has 17 heavy (non-hydrogen) atoms. The molecule has 98 valence electrons. The average molecular weight is 238 g/mol. The van der Waals surface area contributed by atoms with E-state index in [0.29, 0.717) is 18.6 Å². The number of amides is 1. The summed E-state index contributed by atoms with van der Waals surface area (Å²) in [6.45, 7) is 3.96. The maximum Gasteiger partial charge on any atom is 0.234 e. The van der Waals surface area contributed by atoms with Gasteiger partial charge in [0.1, 0.15) is 0 Å². The lowest BCUT2D eigenvalue weighted by molar-refractivity contribution is -0.123. The number of rotatable bonds is 4. The Hall–Kier alpha value is -0.570. The third kappa shape index (κ3) is 3.70. The Balaban J connectivity index is 1.75. The van der Waals surface area contributed by atoms with Crippen LogP contribution < -0.4 is 5.32 Å². The van der Waals surface area contributed by atoms with Crippen LogP contribution in [0.4, 0.5) is 0 Å². The Labute approximate surface area is 105 Å². The van der Waals surface area contributed by atoms with Gasteiger partial charge in [-0.2, -0.15) is 0 Å². The number of hydrogen-bond acceptors (Lipinski definition) is 2. The van der Waals surface area contributed by atoms with E-state index < -0.39 is 0 Å². The molecule has 0 spiro atoms. The van der Waals surface area contributed by atoms with Crippen molar-refractivity contribution in [3.8, 4) is 0 Å². The number of carbonyl (C=O) groups is 1. The zero-order valence-corrected chi connectivity index (χ0v) is 11.1. The predicted octanol–water partition coefficient (Wildman–Crippen LogP) is 2.31. The molecule has 0 bridgehead atoms. The van der Waals surface area contributed by atoms with E-state index in [1.807, 2.05) is 0 Å². The van der Waals surface area contributed by atoms with Gasteiger partial charge in [-0.05, 0) is 38.6 Å². The van der Waals surface area contributed by atoms with Crippen LogP contribution in [0.25, 0.3) is 0 Å². The molecule has 0 aromatic heterocycles. The first kappa shape index (κ1) is 12.9. The van der Waals surface area contributed by atoms with Crippen molar-refractivity contribution in [1.29, 1.82) is 0 Å². The fourth-order valence-corrected chi connectivity index (χ4v) is 3.26. The van der Waals surface area contributed by atoms with Crippen molar-refractivity contribution in [2.45, 2.75) is 70.4 Å². The van der Waals surface area contributed by atoms with E-state index in [1.54, 1.807) is 0 Å². The highest BCUT2D eigenvalue weighted by atomic mass is 16.2. The quantitative estimate of drug-likeness (QED) is 0.815. The van der Waals surface area contributed by atoms with Gasteiger partial charge in [0.25, 0.3) is 0 Å². The van der Waals surface area contributed by atoms with E-state index in [0.717, 1.165) is 6.54 Å². The Morgan fingerprint density at radius 1 is 1.18 bits per heavy atom. The summed E-state index contributed by atoms with van der Waals surface area (Å²) in [4.78, 5) is 14.4. The molecule has 3 heteroatoms. The van der Waals surface area contributed by atoms with Crippen molar-refractivity contribution >= 4 is 5.91 Å². The molecule has 1 N–H and O–H groups in total. The SMILES string of the molecule is CCC1CCCCN1CC(=O)NC1CCCC1. The fraction of sp³-hybridized carbons (Fsp3) is 0.929. The number of carbonyl (C=O) groups excluding carboxylic acids is 1. The van der Waals surface area contributed by atoms with Crippen molar-refractivity contribution in [2.24, 2.45) is 0 Å². The number of nitrogens with one attached hydrogen (secondary N) is 1. The van der Waals surface area contributed by atoms with Gasteiger partial charge in [-0.1, -0.05) is 26.2 Å². The number of hydrogen-bond donors (Lipinski definition) is 1. The molecule has 2 fully saturated rings. The molecule has 1 aliphatic carbocycles. The Morgan fingerprint density at radius 3 is 2.59 bits per heavy atom. The lowest BCUT2D eigenvalue weighted by Crippen LogP contribution is -2.47. The summed E-state index contributed by atoms with van der Waals surface area (Å²) in [7, 11) is 0. The van der Waals surface area contributed by atoms with Gasteiger partial charge in [0.15, 0.2) is 0 Å². The molecule has 0 aromatic rings. The second kappa shape index (κ2) is 6.39. The van der Waals surface area contributed by atoms with Gasteiger partial charge in [-0.3, -0.25) is 9.69 Å². The van der Waals surface area contributed by atoms with E-state index in [2.05, 4.69) is 17.1 Å². The van der Waals surface area contributed by atoms with E-state index in [9.17, 15) is 4.79 Å². The van der Waals surface area contributed by atoms with Crippen LogP contribution in [0.15, 0.2) is 0 Å². The van der Waals surface area contributed by atoms with Crippen LogP contribution in [0.2, 0.25) is 0 Å². The second-order valence-electron chi connectivity index (χ2n) is 5.58. The molecule has 0 radical (unpaired) electrons. The minimum absolute atomic E-state index is 0.247. The van der Waals surface area contributed by atoms with Crippen LogP contribution in [-0.4, -0.2) is 36.0 Å². The van der Waals surface area contributed by atoms with Crippen molar-refractivity contribution < 1.29 is 4.79 Å². The maximum atomic E-state index is 12.0. The average Bonchev–Trinajstić information content (AvgIpc) is 2.82. The lowest BCUT2D eigenvalue weighted by atomic mass is 10.00. The fourth-order valence-electron chi connectivity index (χ4n) is 3.26. The predicted molar refractivity (Wildman–Crippen MR) is 69.9 cm³/mol. The molecule has 1 heterocycles. The van der Waals surface area contributed by atoms with E-state index in [-0.39, 0.29) is 5.91 Å². The van der Waals surface area contributed by atoms with Gasteiger partial charge in [-0.25, -0.2) is 0 Å². The summed E-state index contributed by atoms with van der Waals surface area (Å²) < 4.78 is 0. The maximum absolute atomic E-state index is 12.0. The molecule has 1 saturated heterocycles. The summed E-state index contributed by atoms with van der Waals surface area (Å²) in [6.07, 6.45) is 9.97. The molecular weight excluding hydrogens is 212 g/mol. The summed E-state index contributed by atoms with van der Waals surface area (Å²) in [5.74, 6) is 0.247. The molecule has 2 aliphatic rings. The third-order valence-electron chi connectivity index (χ3n) is 4.29. The first-order valence-electron chi connectivity index (χ1n) is 7.33. The smallest absolute Gasteiger partial charge is 0.234 e. The lowest BCUT2D eigenvalue weighted by Gasteiger charge is -2.34. The molecule has 0 aromatic carbocycles. The zero-order chi connectivity index (χ0) is 12.1. The zero-order valence-electron chi connectivity index (χ0n) is 11.1. The van der Waals surface area contributed by atoms with Gasteiger partial charge in [-0.15, -0.1) is 0 Å². The molecule has 1 unspecified atom stereocenters. The largest absolute Gasteiger partial charge is 0.352 e. The minimum Gasteiger partial charge on any atom is -0.352 e. The van der Waals surface area contributed by atoms with Crippen LogP contribution in [-0.2, 0) is 4.79 Å². The molecule has 1 aliphatic heterocycles. The van der Waals surface area contributed by atoms with Crippen molar-refractivity contribution in [3.63, 3.8) is 0 Å². The van der Waals surface area contributed by atoms with Crippen LogP contribution >= 0.6 is 0 Å². The highest BCUT2D eigenvalue weighted by Crippen LogP contribution is 2.20. The summed E-state index contributed by atoms with van der Waals surface area (Å²) in [5.41, 5.74) is 0. The number of likely N-dealkylation sites (tertiary alicyclic amines) is 1. The van der Waals surface area contributed by atoms with Gasteiger partial charge in [0.05, 0.1) is 6.54 Å². The standard InChI is InChI=1S/C14H26N2O/c1-2-13-9-5-6-10-16(13)11-14(17)15-12-7-3-4-8-12/h12-13H,2-11H2,1H3,(H,15,17). The number of piperidine rings is 1. The molecule has 1 amide bonds. The molecular formula is C14H26N2O. The molecule has 3 nitrogen and oxygen atoms in total. The Kier molecular flexibility index (Phi) is 4.84. The monoisotopic (exact) mass is 238 g/mol. The van der Waals surface area contributed by atoms with Gasteiger partial charge in [0.2, 0.25) is 5.91 Å². The summed E-state index contributed by atoms with van der Waals surface area (Å²) in [6, 6.07) is 1.10. The Morgan fingerprint density at radius 2 is 1.88 bits per heavy atom. The van der Waals surface area contributed by atoms with Crippen molar-refractivity contribution in [2.75, 3.05) is 13.1 Å². The van der Waals surface area contributed by atoms with E-state index >= 15 is 0 Å². The first-order chi connectivity index (χ1) is 8.29. The highest BCUT2D eigenvalue weighted by molar-refractivity contribution is 5.78. The van der Waals surface area contributed by atoms with Crippen LogP contribution in [0, 0.1) is 0 Å². The van der Waals surface area contributed by atoms with Crippen LogP contribution in [0.1, 0.15) is 58.3 Å². The van der Waals surface area contributed by atoms with Gasteiger partial charge < -0.3 is 5.32 Å². The van der Waals surface area contributed by atoms with E-state index in [4.69, 9.17) is 0 Å². The summed E-state index contributed by atoms with van der Waals surface area (Å²) >= 11 is 0. The number of nitrogens with zero attached hydrogens (tertiary/aromatic N) is 1. The highest BCUT2D eigenvalue weighted by Gasteiger charge is 2.24. The van der Waals surface area contributed by atoms with Crippen LogP contribution in [0.5, 0.6) is 0 Å². The molecule has 1 atom stereocenters. The van der Waals surface area contributed by atoms with Gasteiger partial charge in [0, 0.05) is 12.1 Å². The summed E-state index contributed by atoms with van der Waals surface area (Å²) in [5, 5.41) is 3.19. The normalized spacial score (nSPS) is 27.2. The van der Waals surface area contributed by atoms with Gasteiger partial charge >= 0.3 is 0 Å². The topological polar surface area (TPSA) is 32.3 Å². The van der Waals surface area contributed by atoms with E-state index in [1.165, 1.54) is 51.4 Å². The van der Waals surface area contributed by atoms with Crippen molar-refractivity contribution in [3.05, 3.63) is 0 Å². The third-order valence-corrected chi connectivity index (χ3v) is 4.29. The second-order valence-corrected chi connectivity index (χ2v) is 5.58. The van der Waals surface area contributed by atoms with Crippen LogP contribution in [0.3, 0.4) is 0 Å². The van der Waals surface area contributed by atoms with Crippen molar-refractivity contribution in [1.82, 2.24) is 10.2 Å². The first-order valence-corrected chi connectivity index (χ1v) is 7.33. The minimum atomic E-state index is 0.247. The Bertz CT molecular complexity index is 249. The molecule has 1 saturated carbocycles.